The van der Waals surface area contributed by atoms with Gasteiger partial charge < -0.3 is 20.0 Å². The smallest absolute Gasteiger partial charge is 0.228 e. The molecular formula is C23H33FN4O3. The molecule has 2 amide bonds. The van der Waals surface area contributed by atoms with Crippen molar-refractivity contribution in [2.75, 3.05) is 33.7 Å². The van der Waals surface area contributed by atoms with E-state index in [-0.39, 0.29) is 29.8 Å². The van der Waals surface area contributed by atoms with E-state index in [4.69, 9.17) is 4.84 Å². The number of hydrogen-bond donors (Lipinski definition) is 1. The number of carbonyl (C=O) groups is 2. The van der Waals surface area contributed by atoms with E-state index in [1.807, 2.05) is 25.9 Å². The number of hydrogen-bond acceptors (Lipinski definition) is 5. The van der Waals surface area contributed by atoms with Crippen molar-refractivity contribution in [1.29, 1.82) is 0 Å². The van der Waals surface area contributed by atoms with E-state index in [9.17, 15) is 14.0 Å². The van der Waals surface area contributed by atoms with Crippen molar-refractivity contribution in [3.63, 3.8) is 0 Å². The normalized spacial score (nSPS) is 24.5. The van der Waals surface area contributed by atoms with Gasteiger partial charge in [-0.05, 0) is 46.0 Å². The van der Waals surface area contributed by atoms with Crippen LogP contribution in [0.5, 0.6) is 0 Å². The lowest BCUT2D eigenvalue weighted by Crippen LogP contribution is -2.56. The maximum Gasteiger partial charge on any atom is 0.228 e. The van der Waals surface area contributed by atoms with Gasteiger partial charge in [0.05, 0.1) is 11.1 Å². The molecule has 170 valence electrons. The Morgan fingerprint density at radius 3 is 2.87 bits per heavy atom. The highest BCUT2D eigenvalue weighted by Gasteiger charge is 2.46. The molecule has 0 spiro atoms. The zero-order valence-corrected chi connectivity index (χ0v) is 18.9. The van der Waals surface area contributed by atoms with Crippen molar-refractivity contribution >= 4 is 17.5 Å². The van der Waals surface area contributed by atoms with Crippen molar-refractivity contribution in [2.45, 2.75) is 51.7 Å². The summed E-state index contributed by atoms with van der Waals surface area (Å²) in [6, 6.07) is 6.26. The molecule has 1 fully saturated rings. The van der Waals surface area contributed by atoms with Crippen LogP contribution in [0, 0.1) is 11.2 Å². The van der Waals surface area contributed by atoms with Crippen LogP contribution >= 0.6 is 0 Å². The van der Waals surface area contributed by atoms with E-state index in [1.165, 1.54) is 12.1 Å². The Morgan fingerprint density at radius 2 is 2.19 bits per heavy atom. The second-order valence-electron chi connectivity index (χ2n) is 9.15. The molecule has 3 atom stereocenters. The number of amides is 2. The first-order valence-electron chi connectivity index (χ1n) is 10.9. The highest BCUT2D eigenvalue weighted by Crippen LogP contribution is 2.38. The maximum atomic E-state index is 13.6. The molecule has 2 heterocycles. The molecule has 2 aliphatic rings. The van der Waals surface area contributed by atoms with Crippen LogP contribution in [0.3, 0.4) is 0 Å². The monoisotopic (exact) mass is 432 g/mol. The molecule has 3 rings (SSSR count). The van der Waals surface area contributed by atoms with Crippen LogP contribution in [0.4, 0.5) is 4.39 Å². The Kier molecular flexibility index (Phi) is 7.30. The van der Waals surface area contributed by atoms with Gasteiger partial charge in [-0.1, -0.05) is 17.3 Å². The summed E-state index contributed by atoms with van der Waals surface area (Å²) in [6.45, 7) is 5.28. The molecule has 1 saturated heterocycles. The average molecular weight is 433 g/mol. The highest BCUT2D eigenvalue weighted by molar-refractivity contribution is 6.01. The first kappa shape index (κ1) is 23.2. The molecule has 1 aromatic rings. The summed E-state index contributed by atoms with van der Waals surface area (Å²) < 4.78 is 13.6. The van der Waals surface area contributed by atoms with Crippen LogP contribution in [-0.4, -0.2) is 73.2 Å². The third-order valence-electron chi connectivity index (χ3n) is 6.03. The predicted molar refractivity (Wildman–Crippen MR) is 117 cm³/mol. The van der Waals surface area contributed by atoms with Crippen molar-refractivity contribution in [2.24, 2.45) is 10.6 Å². The summed E-state index contributed by atoms with van der Waals surface area (Å²) in [4.78, 5) is 35.0. The summed E-state index contributed by atoms with van der Waals surface area (Å²) >= 11 is 0. The number of halogens is 1. The maximum absolute atomic E-state index is 13.6. The van der Waals surface area contributed by atoms with Crippen LogP contribution < -0.4 is 5.32 Å². The molecular weight excluding hydrogens is 399 g/mol. The van der Waals surface area contributed by atoms with Crippen molar-refractivity contribution in [3.8, 4) is 0 Å². The Balaban J connectivity index is 1.74. The van der Waals surface area contributed by atoms with Crippen LogP contribution in [-0.2, 0) is 14.4 Å². The van der Waals surface area contributed by atoms with Crippen molar-refractivity contribution in [3.05, 3.63) is 35.6 Å². The van der Waals surface area contributed by atoms with Crippen LogP contribution in [0.2, 0.25) is 0 Å². The van der Waals surface area contributed by atoms with Crippen LogP contribution in [0.25, 0.3) is 0 Å². The molecule has 0 unspecified atom stereocenters. The number of oxime groups is 1. The number of carbonyl (C=O) groups excluding carboxylic acids is 2. The van der Waals surface area contributed by atoms with E-state index in [0.717, 1.165) is 13.0 Å². The summed E-state index contributed by atoms with van der Waals surface area (Å²) in [7, 11) is 3.93. The summed E-state index contributed by atoms with van der Waals surface area (Å²) in [6.07, 6.45) is 2.12. The van der Waals surface area contributed by atoms with Crippen molar-refractivity contribution in [1.82, 2.24) is 15.1 Å². The first-order valence-corrected chi connectivity index (χ1v) is 10.9. The topological polar surface area (TPSA) is 74.2 Å². The molecule has 31 heavy (non-hydrogen) atoms. The average Bonchev–Trinajstić information content (AvgIpc) is 3.15. The zero-order chi connectivity index (χ0) is 22.6. The van der Waals surface area contributed by atoms with Gasteiger partial charge in [-0.25, -0.2) is 4.39 Å². The summed E-state index contributed by atoms with van der Waals surface area (Å²) in [5.41, 5.74) is 0.636. The Morgan fingerprint density at radius 1 is 1.42 bits per heavy atom. The molecule has 1 N–H and O–H groups in total. The first-order chi connectivity index (χ1) is 14.7. The van der Waals surface area contributed by atoms with Gasteiger partial charge in [0.2, 0.25) is 11.8 Å². The number of benzene rings is 1. The minimum atomic E-state index is -0.734. The number of likely N-dealkylation sites (tertiary alicyclic amines) is 1. The molecule has 0 aromatic heterocycles. The highest BCUT2D eigenvalue weighted by atomic mass is 19.1. The summed E-state index contributed by atoms with van der Waals surface area (Å²) in [5.74, 6) is -0.392. The van der Waals surface area contributed by atoms with Gasteiger partial charge in [0.15, 0.2) is 0 Å². The number of nitrogens with zero attached hydrogens (tertiary/aromatic N) is 3. The third-order valence-corrected chi connectivity index (χ3v) is 6.03. The van der Waals surface area contributed by atoms with E-state index in [2.05, 4.69) is 10.5 Å². The van der Waals surface area contributed by atoms with E-state index in [0.29, 0.717) is 43.6 Å². The number of piperidine rings is 1. The molecule has 7 nitrogen and oxygen atoms in total. The second-order valence-corrected chi connectivity index (χ2v) is 9.15. The number of rotatable bonds is 7. The molecule has 1 aromatic carbocycles. The molecule has 0 aliphatic carbocycles. The van der Waals surface area contributed by atoms with Gasteiger partial charge in [0, 0.05) is 51.0 Å². The zero-order valence-electron chi connectivity index (χ0n) is 18.9. The Hall–Kier alpha value is -2.48. The van der Waals surface area contributed by atoms with Gasteiger partial charge in [0.25, 0.3) is 0 Å². The van der Waals surface area contributed by atoms with E-state index in [1.54, 1.807) is 24.0 Å². The molecule has 0 radical (unpaired) electrons. The number of likely N-dealkylation sites (N-methyl/N-ethyl adjacent to an activating group) is 1. The van der Waals surface area contributed by atoms with Gasteiger partial charge in [-0.2, -0.15) is 0 Å². The fraction of sp³-hybridized carbons (Fsp3) is 0.609. The molecule has 0 bridgehead atoms. The Labute approximate surface area is 183 Å². The van der Waals surface area contributed by atoms with E-state index >= 15 is 0 Å². The molecule has 0 saturated carbocycles. The lowest BCUT2D eigenvalue weighted by Gasteiger charge is -2.42. The quantitative estimate of drug-likeness (QED) is 0.718. The number of nitrogens with one attached hydrogen (secondary N) is 1. The third kappa shape index (κ3) is 5.81. The fourth-order valence-electron chi connectivity index (χ4n) is 4.63. The lowest BCUT2D eigenvalue weighted by atomic mass is 9.73. The SMILES string of the molecule is CC(=O)N1CCC[C@](C[C@H]2CC(c3cccc(F)c3)=NO2)(C(=O)N[C@@H](C)CN(C)C)C1. The van der Waals surface area contributed by atoms with Gasteiger partial charge in [0.1, 0.15) is 11.9 Å². The second kappa shape index (κ2) is 9.77. The summed E-state index contributed by atoms with van der Waals surface area (Å²) in [5, 5.41) is 7.31. The van der Waals surface area contributed by atoms with Crippen molar-refractivity contribution < 1.29 is 18.8 Å². The van der Waals surface area contributed by atoms with Gasteiger partial charge in [-0.3, -0.25) is 9.59 Å². The van der Waals surface area contributed by atoms with E-state index < -0.39 is 5.41 Å². The molecule has 8 heteroatoms. The fourth-order valence-corrected chi connectivity index (χ4v) is 4.63. The van der Waals surface area contributed by atoms with Gasteiger partial charge in [-0.15, -0.1) is 0 Å². The standard InChI is InChI=1S/C23H33FN4O3/c1-16(14-27(3)4)25-22(30)23(9-6-10-28(15-23)17(2)29)13-20-12-21(26-31-20)18-7-5-8-19(24)11-18/h5,7-8,11,16,20H,6,9-10,12-15H2,1-4H3,(H,25,30)/t16-,20+,23+/m0/s1. The minimum absolute atomic E-state index is 0.0179. The lowest BCUT2D eigenvalue weighted by molar-refractivity contribution is -0.143. The Bertz CT molecular complexity index is 844. The van der Waals surface area contributed by atoms with Crippen LogP contribution in [0.1, 0.15) is 45.1 Å². The van der Waals surface area contributed by atoms with Gasteiger partial charge >= 0.3 is 0 Å². The largest absolute Gasteiger partial charge is 0.392 e. The molecule has 2 aliphatic heterocycles. The minimum Gasteiger partial charge on any atom is -0.392 e. The predicted octanol–water partition coefficient (Wildman–Crippen LogP) is 2.40. The van der Waals surface area contributed by atoms with Crippen LogP contribution in [0.15, 0.2) is 29.4 Å².